The topological polar surface area (TPSA) is 63.0 Å². The summed E-state index contributed by atoms with van der Waals surface area (Å²) in [5, 5.41) is 0. The van der Waals surface area contributed by atoms with Crippen LogP contribution in [-0.2, 0) is 0 Å². The first-order valence-corrected chi connectivity index (χ1v) is 14.0. The van der Waals surface area contributed by atoms with Gasteiger partial charge in [-0.05, 0) is 122 Å². The minimum atomic E-state index is 0. The van der Waals surface area contributed by atoms with Gasteiger partial charge in [-0.15, -0.1) is 0 Å². The van der Waals surface area contributed by atoms with Crippen molar-refractivity contribution < 1.29 is 15.2 Å². The second-order valence-corrected chi connectivity index (χ2v) is 13.3. The van der Waals surface area contributed by atoms with E-state index in [1.54, 1.807) is 70.6 Å². The molecule has 2 nitrogen and oxygen atoms in total. The van der Waals surface area contributed by atoms with Gasteiger partial charge in [0, 0.05) is 4.28 Å². The maximum atomic E-state index is 2.79. The lowest BCUT2D eigenvalue weighted by atomic mass is 9.47. The zero-order chi connectivity index (χ0) is 20.3. The van der Waals surface area contributed by atoms with E-state index in [1.165, 1.54) is 12.3 Å². The van der Waals surface area contributed by atoms with Gasteiger partial charge < -0.3 is 11.0 Å². The van der Waals surface area contributed by atoms with Crippen molar-refractivity contribution in [2.75, 3.05) is 0 Å². The van der Waals surface area contributed by atoms with E-state index in [1.807, 2.05) is 0 Å². The van der Waals surface area contributed by atoms with Gasteiger partial charge in [0.1, 0.15) is 0 Å². The van der Waals surface area contributed by atoms with Crippen LogP contribution in [0, 0.1) is 70.5 Å². The SMILES string of the molecule is CCC.C[C@H]1CC[C@@H]2C3CC[C@@]4(C)C(C5CC5C4[C@H](C)CC4CC4)[C@@H]3CC[C@@H]2C1.O.O.[HH].[HH].[HH]. The van der Waals surface area contributed by atoms with E-state index >= 15 is 0 Å². The number of hydrogen-bond acceptors (Lipinski definition) is 0. The Morgan fingerprint density at radius 2 is 1.48 bits per heavy atom. The average molecular weight is 441 g/mol. The molecule has 11 atom stereocenters. The Balaban J connectivity index is 0.00000130. The van der Waals surface area contributed by atoms with E-state index in [0.29, 0.717) is 0 Å². The number of rotatable bonds is 3. The van der Waals surface area contributed by atoms with Crippen molar-refractivity contribution in [3.63, 3.8) is 0 Å². The molecule has 6 aliphatic rings. The molecule has 0 amide bonds. The summed E-state index contributed by atoms with van der Waals surface area (Å²) >= 11 is 0. The molecule has 188 valence electrons. The summed E-state index contributed by atoms with van der Waals surface area (Å²) in [7, 11) is 0. The zero-order valence-corrected chi connectivity index (χ0v) is 21.3. The summed E-state index contributed by atoms with van der Waals surface area (Å²) in [5.41, 5.74) is 0.734. The fourth-order valence-electron chi connectivity index (χ4n) is 10.2. The summed E-state index contributed by atoms with van der Waals surface area (Å²) in [4.78, 5) is 0. The van der Waals surface area contributed by atoms with Crippen LogP contribution in [0.4, 0.5) is 0 Å². The Morgan fingerprint density at radius 3 is 2.16 bits per heavy atom. The first-order valence-electron chi connectivity index (χ1n) is 14.0. The number of hydrogen-bond donors (Lipinski definition) is 0. The van der Waals surface area contributed by atoms with Gasteiger partial charge in [-0.3, -0.25) is 0 Å². The molecule has 31 heavy (non-hydrogen) atoms. The van der Waals surface area contributed by atoms with Crippen LogP contribution in [0.15, 0.2) is 0 Å². The molecule has 5 unspecified atom stereocenters. The van der Waals surface area contributed by atoms with Crippen LogP contribution in [0.1, 0.15) is 116 Å². The summed E-state index contributed by atoms with van der Waals surface area (Å²) in [6, 6.07) is 0. The van der Waals surface area contributed by atoms with Crippen LogP contribution in [-0.4, -0.2) is 11.0 Å². The van der Waals surface area contributed by atoms with Gasteiger partial charge in [-0.1, -0.05) is 60.3 Å². The van der Waals surface area contributed by atoms with E-state index in [9.17, 15) is 0 Å². The van der Waals surface area contributed by atoms with E-state index in [2.05, 4.69) is 34.6 Å². The predicted molar refractivity (Wildman–Crippen MR) is 138 cm³/mol. The molecule has 6 rings (SSSR count). The van der Waals surface area contributed by atoms with E-state index < -0.39 is 0 Å². The lowest BCUT2D eigenvalue weighted by Gasteiger charge is -2.58. The predicted octanol–water partition coefficient (Wildman–Crippen LogP) is 7.69. The molecular weight excluding hydrogens is 380 g/mol. The van der Waals surface area contributed by atoms with Crippen LogP contribution in [0.5, 0.6) is 0 Å². The molecule has 2 heteroatoms. The standard InChI is InChI=1S/C26H42.C3H8.2H2O.3H2/c1-15-4-8-19-18(12-15)7-9-21-20(19)10-11-26(3)24(16(2)13-17-5-6-17)22-14-23(22)25(21)26;1-3-2;;;;;/h15-25H,4-14H2,1-3H3;3H2,1-2H3;2*1H2;3*1H/t15-,16+,18+,19-,20?,21+,22?,23?,24?,25?,26+;;;;;;/m0....../s1. The van der Waals surface area contributed by atoms with Gasteiger partial charge in [0.25, 0.3) is 0 Å². The third-order valence-electron chi connectivity index (χ3n) is 11.1. The molecule has 0 radical (unpaired) electrons. The van der Waals surface area contributed by atoms with E-state index in [0.717, 1.165) is 64.6 Å². The molecule has 0 saturated heterocycles. The summed E-state index contributed by atoms with van der Waals surface area (Å²) < 4.78 is 0. The molecule has 0 aromatic heterocycles. The Labute approximate surface area is 197 Å². The van der Waals surface area contributed by atoms with Gasteiger partial charge in [-0.2, -0.15) is 0 Å². The van der Waals surface area contributed by atoms with Gasteiger partial charge in [0.05, 0.1) is 0 Å². The van der Waals surface area contributed by atoms with Crippen molar-refractivity contribution in [3.8, 4) is 0 Å². The summed E-state index contributed by atoms with van der Waals surface area (Å²) in [6.45, 7) is 12.2. The second-order valence-electron chi connectivity index (χ2n) is 13.3. The van der Waals surface area contributed by atoms with Gasteiger partial charge in [0.2, 0.25) is 0 Å². The number of fused-ring (bicyclic) bond motifs is 7. The molecule has 0 bridgehead atoms. The maximum Gasteiger partial charge on any atom is 0 e. The molecule has 6 aliphatic carbocycles. The molecule has 6 fully saturated rings. The fourth-order valence-corrected chi connectivity index (χ4v) is 10.2. The van der Waals surface area contributed by atoms with Crippen LogP contribution in [0.2, 0.25) is 0 Å². The maximum absolute atomic E-state index is 2.79. The van der Waals surface area contributed by atoms with Crippen molar-refractivity contribution in [2.45, 2.75) is 112 Å². The highest BCUT2D eigenvalue weighted by molar-refractivity contribution is 5.18. The second kappa shape index (κ2) is 9.65. The lowest BCUT2D eigenvalue weighted by Crippen LogP contribution is -2.50. The van der Waals surface area contributed by atoms with Crippen LogP contribution in [0.25, 0.3) is 0 Å². The monoisotopic (exact) mass is 440 g/mol. The van der Waals surface area contributed by atoms with E-state index in [4.69, 9.17) is 0 Å². The molecule has 6 saturated carbocycles. The fraction of sp³-hybridized carbons (Fsp3) is 1.00. The van der Waals surface area contributed by atoms with Crippen molar-refractivity contribution in [2.24, 2.45) is 70.5 Å². The van der Waals surface area contributed by atoms with Crippen molar-refractivity contribution in [3.05, 3.63) is 0 Å². The van der Waals surface area contributed by atoms with Crippen LogP contribution in [0.3, 0.4) is 0 Å². The minimum Gasteiger partial charge on any atom is -0.412 e. The highest BCUT2D eigenvalue weighted by Gasteiger charge is 2.69. The van der Waals surface area contributed by atoms with Gasteiger partial charge >= 0.3 is 0 Å². The molecule has 0 aromatic carbocycles. The molecule has 4 N–H and O–H groups in total. The molecular formula is C29H60O2. The Morgan fingerprint density at radius 1 is 0.806 bits per heavy atom. The molecule has 0 spiro atoms. The van der Waals surface area contributed by atoms with Crippen LogP contribution >= 0.6 is 0 Å². The van der Waals surface area contributed by atoms with Crippen molar-refractivity contribution >= 4 is 0 Å². The molecule has 0 aromatic rings. The van der Waals surface area contributed by atoms with Gasteiger partial charge in [-0.25, -0.2) is 0 Å². The third-order valence-corrected chi connectivity index (χ3v) is 11.1. The van der Waals surface area contributed by atoms with Crippen molar-refractivity contribution in [1.29, 1.82) is 0 Å². The van der Waals surface area contributed by atoms with Crippen LogP contribution < -0.4 is 0 Å². The lowest BCUT2D eigenvalue weighted by molar-refractivity contribution is -0.0872. The third kappa shape index (κ3) is 4.39. The summed E-state index contributed by atoms with van der Waals surface area (Å²) in [6.07, 6.45) is 18.7. The molecule has 0 aliphatic heterocycles. The van der Waals surface area contributed by atoms with Crippen molar-refractivity contribution in [1.82, 2.24) is 0 Å². The summed E-state index contributed by atoms with van der Waals surface area (Å²) in [5.74, 6) is 12.3. The molecule has 0 heterocycles. The minimum absolute atomic E-state index is 0. The highest BCUT2D eigenvalue weighted by Crippen LogP contribution is 2.76. The first kappa shape index (κ1) is 25.5. The Hall–Kier alpha value is -0.0800. The Kier molecular flexibility index (Phi) is 7.95. The smallest absolute Gasteiger partial charge is 0 e. The van der Waals surface area contributed by atoms with E-state index in [-0.39, 0.29) is 15.2 Å². The highest BCUT2D eigenvalue weighted by atomic mass is 16.0. The first-order chi connectivity index (χ1) is 14.0. The van der Waals surface area contributed by atoms with Gasteiger partial charge in [0.15, 0.2) is 0 Å². The Bertz CT molecular complexity index is 600. The largest absolute Gasteiger partial charge is 0.412 e. The average Bonchev–Trinajstić information content (AvgIpc) is 3.60. The quantitative estimate of drug-likeness (QED) is 0.432. The zero-order valence-electron chi connectivity index (χ0n) is 21.3. The normalized spacial score (nSPS) is 50.0.